The van der Waals surface area contributed by atoms with E-state index in [4.69, 9.17) is 4.74 Å². The number of nitrogens with one attached hydrogen (secondary N) is 2. The van der Waals surface area contributed by atoms with E-state index < -0.39 is 5.97 Å². The van der Waals surface area contributed by atoms with Crippen molar-refractivity contribution in [3.05, 3.63) is 53.3 Å². The van der Waals surface area contributed by atoms with E-state index in [1.165, 1.54) is 11.3 Å². The lowest BCUT2D eigenvalue weighted by Gasteiger charge is -2.08. The van der Waals surface area contributed by atoms with Crippen LogP contribution in [0.2, 0.25) is 0 Å². The molecule has 0 bridgehead atoms. The fraction of sp³-hybridized carbons (Fsp3) is 0.333. The van der Waals surface area contributed by atoms with Crippen molar-refractivity contribution in [2.24, 2.45) is 7.05 Å². The third kappa shape index (κ3) is 6.75. The normalized spacial score (nSPS) is 10.9. The lowest BCUT2D eigenvalue weighted by atomic mass is 10.2. The fourth-order valence-electron chi connectivity index (χ4n) is 3.23. The summed E-state index contributed by atoms with van der Waals surface area (Å²) < 4.78 is 6.64. The number of benzene rings is 1. The molecule has 2 heterocycles. The van der Waals surface area contributed by atoms with Gasteiger partial charge in [0.05, 0.1) is 12.3 Å². The number of ether oxygens (including phenoxy) is 1. The van der Waals surface area contributed by atoms with Gasteiger partial charge < -0.3 is 24.8 Å². The van der Waals surface area contributed by atoms with Crippen LogP contribution in [0.25, 0.3) is 10.6 Å². The smallest absolute Gasteiger partial charge is 0.357 e. The van der Waals surface area contributed by atoms with Gasteiger partial charge in [-0.2, -0.15) is 0 Å². The van der Waals surface area contributed by atoms with Gasteiger partial charge in [-0.05, 0) is 64.3 Å². The Morgan fingerprint density at radius 2 is 1.85 bits per heavy atom. The molecule has 0 aliphatic heterocycles. The molecule has 0 aliphatic carbocycles. The molecule has 0 aliphatic rings. The molecule has 3 aromatic rings. The average molecular weight is 484 g/mol. The summed E-state index contributed by atoms with van der Waals surface area (Å²) >= 11 is 1.35. The topological polar surface area (TPSA) is 106 Å². The van der Waals surface area contributed by atoms with Gasteiger partial charge in [-0.1, -0.05) is 0 Å². The van der Waals surface area contributed by atoms with Crippen LogP contribution in [0, 0.1) is 0 Å². The molecule has 9 nitrogen and oxygen atoms in total. The first-order valence-electron chi connectivity index (χ1n) is 10.9. The molecule has 0 fully saturated rings. The molecular weight excluding hydrogens is 454 g/mol. The van der Waals surface area contributed by atoms with E-state index in [1.807, 2.05) is 31.1 Å². The van der Waals surface area contributed by atoms with Crippen LogP contribution < -0.4 is 10.6 Å². The van der Waals surface area contributed by atoms with Gasteiger partial charge in [0, 0.05) is 36.3 Å². The van der Waals surface area contributed by atoms with Crippen molar-refractivity contribution in [2.75, 3.05) is 37.9 Å². The first-order valence-corrected chi connectivity index (χ1v) is 11.8. The predicted molar refractivity (Wildman–Crippen MR) is 133 cm³/mol. The summed E-state index contributed by atoms with van der Waals surface area (Å²) in [6.07, 6.45) is 2.90. The number of carbonyl (C=O) groups excluding carboxylic acids is 3. The van der Waals surface area contributed by atoms with Crippen LogP contribution in [0.4, 0.5) is 11.4 Å². The van der Waals surface area contributed by atoms with Crippen LogP contribution in [-0.4, -0.2) is 59.5 Å². The number of carbonyl (C=O) groups is 3. The van der Waals surface area contributed by atoms with E-state index in [-0.39, 0.29) is 17.5 Å². The van der Waals surface area contributed by atoms with Crippen LogP contribution in [0.5, 0.6) is 0 Å². The third-order valence-corrected chi connectivity index (χ3v) is 5.80. The predicted octanol–water partition coefficient (Wildman–Crippen LogP) is 3.86. The van der Waals surface area contributed by atoms with Crippen LogP contribution in [0.1, 0.15) is 40.7 Å². The van der Waals surface area contributed by atoms with E-state index in [9.17, 15) is 14.4 Å². The summed E-state index contributed by atoms with van der Waals surface area (Å²) in [4.78, 5) is 43.0. The fourth-order valence-corrected chi connectivity index (χ4v) is 4.03. The van der Waals surface area contributed by atoms with E-state index in [0.717, 1.165) is 18.5 Å². The first kappa shape index (κ1) is 25.1. The number of anilines is 2. The molecule has 0 spiro atoms. The number of aryl methyl sites for hydroxylation is 1. The lowest BCUT2D eigenvalue weighted by Crippen LogP contribution is -2.17. The molecule has 0 radical (unpaired) electrons. The summed E-state index contributed by atoms with van der Waals surface area (Å²) in [5, 5.41) is 8.06. The van der Waals surface area contributed by atoms with Crippen molar-refractivity contribution in [2.45, 2.75) is 19.8 Å². The number of esters is 1. The summed E-state index contributed by atoms with van der Waals surface area (Å²) in [6, 6.07) is 8.85. The molecule has 2 amide bonds. The van der Waals surface area contributed by atoms with Crippen LogP contribution in [0.15, 0.2) is 41.9 Å². The van der Waals surface area contributed by atoms with Crippen molar-refractivity contribution < 1.29 is 19.1 Å². The van der Waals surface area contributed by atoms with E-state index in [1.54, 1.807) is 48.3 Å². The van der Waals surface area contributed by atoms with Crippen molar-refractivity contribution >= 4 is 40.5 Å². The molecule has 3 rings (SSSR count). The molecule has 0 unspecified atom stereocenters. The highest BCUT2D eigenvalue weighted by Crippen LogP contribution is 2.26. The highest BCUT2D eigenvalue weighted by Gasteiger charge is 2.15. The minimum absolute atomic E-state index is 0.0803. The quantitative estimate of drug-likeness (QED) is 0.424. The zero-order valence-electron chi connectivity index (χ0n) is 19.8. The van der Waals surface area contributed by atoms with Gasteiger partial charge in [0.2, 0.25) is 5.91 Å². The molecule has 34 heavy (non-hydrogen) atoms. The third-order valence-electron chi connectivity index (χ3n) is 4.91. The SMILES string of the molecule is CCOC(=O)c1csc(-c2ccc(NC(=O)c3cc(NC(=O)CCCN(C)C)cn3C)cc2)n1. The second-order valence-electron chi connectivity index (χ2n) is 7.97. The maximum absolute atomic E-state index is 12.8. The Bertz CT molecular complexity index is 1150. The lowest BCUT2D eigenvalue weighted by molar-refractivity contribution is -0.116. The van der Waals surface area contributed by atoms with Crippen molar-refractivity contribution in [1.29, 1.82) is 0 Å². The Morgan fingerprint density at radius 3 is 2.53 bits per heavy atom. The molecule has 2 aromatic heterocycles. The minimum atomic E-state index is -0.444. The van der Waals surface area contributed by atoms with Gasteiger partial charge in [0.1, 0.15) is 10.7 Å². The average Bonchev–Trinajstić information content (AvgIpc) is 3.41. The standard InChI is InChI=1S/C24H29N5O4S/c1-5-33-24(32)19-15-34-23(27-19)16-8-10-17(11-9-16)26-22(31)20-13-18(14-29(20)4)25-21(30)7-6-12-28(2)3/h8-11,13-15H,5-7,12H2,1-4H3,(H,25,30)(H,26,31). The van der Waals surface area contributed by atoms with Crippen molar-refractivity contribution in [3.63, 3.8) is 0 Å². The van der Waals surface area contributed by atoms with Gasteiger partial charge in [-0.25, -0.2) is 9.78 Å². The molecule has 0 atom stereocenters. The van der Waals surface area contributed by atoms with Crippen LogP contribution in [-0.2, 0) is 16.6 Å². The number of rotatable bonds is 10. The number of aromatic nitrogens is 2. The molecule has 1 aromatic carbocycles. The van der Waals surface area contributed by atoms with Gasteiger partial charge >= 0.3 is 5.97 Å². The zero-order chi connectivity index (χ0) is 24.7. The molecule has 0 saturated heterocycles. The molecular formula is C24H29N5O4S. The number of hydrogen-bond acceptors (Lipinski definition) is 7. The summed E-state index contributed by atoms with van der Waals surface area (Å²) in [7, 11) is 5.69. The monoisotopic (exact) mass is 483 g/mol. The second-order valence-corrected chi connectivity index (χ2v) is 8.83. The number of nitrogens with zero attached hydrogens (tertiary/aromatic N) is 3. The largest absolute Gasteiger partial charge is 0.461 e. The molecule has 180 valence electrons. The van der Waals surface area contributed by atoms with Gasteiger partial charge in [-0.15, -0.1) is 11.3 Å². The Labute approximate surface area is 202 Å². The van der Waals surface area contributed by atoms with E-state index in [2.05, 4.69) is 15.6 Å². The number of thiazole rings is 1. The Morgan fingerprint density at radius 1 is 1.12 bits per heavy atom. The number of hydrogen-bond donors (Lipinski definition) is 2. The summed E-state index contributed by atoms with van der Waals surface area (Å²) in [5.74, 6) is -0.814. The summed E-state index contributed by atoms with van der Waals surface area (Å²) in [6.45, 7) is 2.88. The highest BCUT2D eigenvalue weighted by atomic mass is 32.1. The van der Waals surface area contributed by atoms with Gasteiger partial charge in [-0.3, -0.25) is 9.59 Å². The minimum Gasteiger partial charge on any atom is -0.461 e. The van der Waals surface area contributed by atoms with Crippen molar-refractivity contribution in [1.82, 2.24) is 14.5 Å². The Hall–Kier alpha value is -3.50. The zero-order valence-corrected chi connectivity index (χ0v) is 20.6. The van der Waals surface area contributed by atoms with E-state index >= 15 is 0 Å². The Balaban J connectivity index is 1.59. The van der Waals surface area contributed by atoms with Gasteiger partial charge in [0.25, 0.3) is 5.91 Å². The number of amides is 2. The second kappa shape index (κ2) is 11.6. The molecule has 2 N–H and O–H groups in total. The maximum Gasteiger partial charge on any atom is 0.357 e. The van der Waals surface area contributed by atoms with Gasteiger partial charge in [0.15, 0.2) is 5.69 Å². The van der Waals surface area contributed by atoms with Crippen LogP contribution in [0.3, 0.4) is 0 Å². The summed E-state index contributed by atoms with van der Waals surface area (Å²) in [5.41, 5.74) is 2.73. The van der Waals surface area contributed by atoms with Crippen molar-refractivity contribution in [3.8, 4) is 10.6 Å². The molecule has 10 heteroatoms. The maximum atomic E-state index is 12.8. The Kier molecular flexibility index (Phi) is 8.55. The van der Waals surface area contributed by atoms with E-state index in [0.29, 0.717) is 35.1 Å². The molecule has 0 saturated carbocycles. The van der Waals surface area contributed by atoms with Crippen LogP contribution >= 0.6 is 11.3 Å². The first-order chi connectivity index (χ1) is 16.3. The highest BCUT2D eigenvalue weighted by molar-refractivity contribution is 7.13.